The van der Waals surface area contributed by atoms with E-state index in [2.05, 4.69) is 15.4 Å². The van der Waals surface area contributed by atoms with Crippen molar-refractivity contribution in [2.75, 3.05) is 11.9 Å². The lowest BCUT2D eigenvalue weighted by molar-refractivity contribution is -0.136. The first-order chi connectivity index (χ1) is 12.8. The summed E-state index contributed by atoms with van der Waals surface area (Å²) in [7, 11) is -3.52. The van der Waals surface area contributed by atoms with Crippen LogP contribution in [0.1, 0.15) is 19.4 Å². The van der Waals surface area contributed by atoms with E-state index >= 15 is 0 Å². The summed E-state index contributed by atoms with van der Waals surface area (Å²) < 4.78 is 26.7. The van der Waals surface area contributed by atoms with Gasteiger partial charge in [0.15, 0.2) is 0 Å². The highest BCUT2D eigenvalue weighted by Crippen LogP contribution is 2.11. The van der Waals surface area contributed by atoms with Crippen LogP contribution in [0.2, 0.25) is 0 Å². The van der Waals surface area contributed by atoms with Gasteiger partial charge in [0.1, 0.15) is 0 Å². The number of hydrogen-bond donors (Lipinski definition) is 3. The van der Waals surface area contributed by atoms with Crippen LogP contribution in [0.15, 0.2) is 59.5 Å². The van der Waals surface area contributed by atoms with Gasteiger partial charge in [0.25, 0.3) is 0 Å². The Labute approximate surface area is 159 Å². The molecule has 27 heavy (non-hydrogen) atoms. The fourth-order valence-electron chi connectivity index (χ4n) is 2.32. The average Bonchev–Trinajstić information content (AvgIpc) is 2.62. The summed E-state index contributed by atoms with van der Waals surface area (Å²) >= 11 is 0. The summed E-state index contributed by atoms with van der Waals surface area (Å²) in [6.45, 7) is 3.77. The zero-order valence-corrected chi connectivity index (χ0v) is 16.0. The molecule has 2 aromatic rings. The number of anilines is 1. The number of amides is 2. The Morgan fingerprint density at radius 1 is 0.926 bits per heavy atom. The zero-order valence-electron chi connectivity index (χ0n) is 15.2. The van der Waals surface area contributed by atoms with E-state index in [1.807, 2.05) is 6.07 Å². The van der Waals surface area contributed by atoms with Crippen molar-refractivity contribution in [3.63, 3.8) is 0 Å². The third kappa shape index (κ3) is 6.50. The summed E-state index contributed by atoms with van der Waals surface area (Å²) in [6, 6.07) is 14.9. The summed E-state index contributed by atoms with van der Waals surface area (Å²) in [5, 5.41) is 5.05. The van der Waals surface area contributed by atoms with Gasteiger partial charge < -0.3 is 10.6 Å². The van der Waals surface area contributed by atoms with Crippen molar-refractivity contribution in [3.05, 3.63) is 60.2 Å². The van der Waals surface area contributed by atoms with Crippen molar-refractivity contribution in [3.8, 4) is 0 Å². The molecule has 0 bridgehead atoms. The van der Waals surface area contributed by atoms with Crippen LogP contribution in [0.3, 0.4) is 0 Å². The van der Waals surface area contributed by atoms with Crippen molar-refractivity contribution in [2.45, 2.75) is 31.2 Å². The van der Waals surface area contributed by atoms with Crippen LogP contribution < -0.4 is 15.4 Å². The van der Waals surface area contributed by atoms with Gasteiger partial charge >= 0.3 is 11.8 Å². The Balaban J connectivity index is 1.83. The first kappa shape index (κ1) is 20.6. The van der Waals surface area contributed by atoms with Crippen molar-refractivity contribution < 1.29 is 18.0 Å². The molecule has 8 heteroatoms. The van der Waals surface area contributed by atoms with E-state index in [1.54, 1.807) is 50.2 Å². The molecule has 0 radical (unpaired) electrons. The van der Waals surface area contributed by atoms with Crippen LogP contribution in [0.5, 0.6) is 0 Å². The van der Waals surface area contributed by atoms with Crippen molar-refractivity contribution in [2.24, 2.45) is 0 Å². The fourth-order valence-corrected chi connectivity index (χ4v) is 3.57. The molecule has 0 heterocycles. The van der Waals surface area contributed by atoms with Crippen LogP contribution in [-0.2, 0) is 26.0 Å². The van der Waals surface area contributed by atoms with Crippen LogP contribution in [0, 0.1) is 0 Å². The lowest BCUT2D eigenvalue weighted by Crippen LogP contribution is -2.36. The van der Waals surface area contributed by atoms with E-state index in [9.17, 15) is 18.0 Å². The monoisotopic (exact) mass is 389 g/mol. The van der Waals surface area contributed by atoms with Gasteiger partial charge in [-0.05, 0) is 50.1 Å². The summed E-state index contributed by atoms with van der Waals surface area (Å²) in [5.41, 5.74) is 1.40. The number of hydrogen-bond acceptors (Lipinski definition) is 4. The molecule has 0 saturated heterocycles. The maximum atomic E-state index is 12.1. The topological polar surface area (TPSA) is 104 Å². The molecule has 0 fully saturated rings. The van der Waals surface area contributed by atoms with Gasteiger partial charge in [-0.2, -0.15) is 0 Å². The molecule has 0 atom stereocenters. The lowest BCUT2D eigenvalue weighted by atomic mass is 10.1. The highest BCUT2D eigenvalue weighted by atomic mass is 32.2. The number of para-hydroxylation sites is 1. The number of carbonyl (C=O) groups is 2. The predicted molar refractivity (Wildman–Crippen MR) is 104 cm³/mol. The molecular weight excluding hydrogens is 366 g/mol. The van der Waals surface area contributed by atoms with Gasteiger partial charge in [-0.25, -0.2) is 13.1 Å². The minimum atomic E-state index is -3.52. The predicted octanol–water partition coefficient (Wildman–Crippen LogP) is 1.67. The number of nitrogens with one attached hydrogen (secondary N) is 3. The molecule has 144 valence electrons. The van der Waals surface area contributed by atoms with E-state index in [-0.39, 0.29) is 17.5 Å². The van der Waals surface area contributed by atoms with Gasteiger partial charge in [0, 0.05) is 18.3 Å². The second-order valence-electron chi connectivity index (χ2n) is 6.25. The highest BCUT2D eigenvalue weighted by Gasteiger charge is 2.15. The second-order valence-corrected chi connectivity index (χ2v) is 7.96. The molecule has 0 unspecified atom stereocenters. The molecule has 0 saturated carbocycles. The van der Waals surface area contributed by atoms with E-state index in [1.165, 1.54) is 12.1 Å². The molecule has 7 nitrogen and oxygen atoms in total. The zero-order chi connectivity index (χ0) is 19.9. The van der Waals surface area contributed by atoms with E-state index in [4.69, 9.17) is 0 Å². The Bertz CT molecular complexity index is 879. The molecule has 2 amide bonds. The molecule has 0 aromatic heterocycles. The van der Waals surface area contributed by atoms with Gasteiger partial charge in [-0.1, -0.05) is 30.3 Å². The molecule has 0 spiro atoms. The molecule has 2 aromatic carbocycles. The fraction of sp³-hybridized carbons (Fsp3) is 0.263. The minimum absolute atomic E-state index is 0.186. The highest BCUT2D eigenvalue weighted by molar-refractivity contribution is 7.89. The van der Waals surface area contributed by atoms with Crippen LogP contribution >= 0.6 is 0 Å². The lowest BCUT2D eigenvalue weighted by Gasteiger charge is -2.10. The smallest absolute Gasteiger partial charge is 0.313 e. The second kappa shape index (κ2) is 9.29. The van der Waals surface area contributed by atoms with E-state index in [0.29, 0.717) is 12.1 Å². The first-order valence-electron chi connectivity index (χ1n) is 8.53. The van der Waals surface area contributed by atoms with Crippen molar-refractivity contribution in [1.29, 1.82) is 0 Å². The summed E-state index contributed by atoms with van der Waals surface area (Å²) in [4.78, 5) is 23.8. The normalized spacial score (nSPS) is 11.2. The largest absolute Gasteiger partial charge is 0.347 e. The van der Waals surface area contributed by atoms with Crippen LogP contribution in [-0.4, -0.2) is 32.8 Å². The molecule has 2 rings (SSSR count). The minimum Gasteiger partial charge on any atom is -0.347 e. The summed E-state index contributed by atoms with van der Waals surface area (Å²) in [6.07, 6.45) is 0.474. The Kier molecular flexibility index (Phi) is 7.09. The third-order valence-electron chi connectivity index (χ3n) is 3.56. The van der Waals surface area contributed by atoms with E-state index in [0.717, 1.165) is 5.56 Å². The molecule has 0 aliphatic carbocycles. The SMILES string of the molecule is CC(C)NS(=O)(=O)c1ccc(CCNC(=O)C(=O)Nc2ccccc2)cc1. The van der Waals surface area contributed by atoms with Crippen LogP contribution in [0.4, 0.5) is 5.69 Å². The average molecular weight is 389 g/mol. The third-order valence-corrected chi connectivity index (χ3v) is 5.24. The van der Waals surface area contributed by atoms with Crippen LogP contribution in [0.25, 0.3) is 0 Å². The molecule has 0 aliphatic rings. The maximum absolute atomic E-state index is 12.1. The quantitative estimate of drug-likeness (QED) is 0.627. The van der Waals surface area contributed by atoms with E-state index < -0.39 is 21.8 Å². The van der Waals surface area contributed by atoms with Crippen molar-refractivity contribution >= 4 is 27.5 Å². The summed E-state index contributed by atoms with van der Waals surface area (Å²) in [5.74, 6) is -1.46. The molecule has 3 N–H and O–H groups in total. The Morgan fingerprint density at radius 3 is 2.15 bits per heavy atom. The number of benzene rings is 2. The number of rotatable bonds is 7. The van der Waals surface area contributed by atoms with Gasteiger partial charge in [0.05, 0.1) is 4.90 Å². The number of sulfonamides is 1. The van der Waals surface area contributed by atoms with Gasteiger partial charge in [-0.3, -0.25) is 9.59 Å². The Morgan fingerprint density at radius 2 is 1.56 bits per heavy atom. The van der Waals surface area contributed by atoms with Crippen molar-refractivity contribution in [1.82, 2.24) is 10.0 Å². The van der Waals surface area contributed by atoms with Gasteiger partial charge in [-0.15, -0.1) is 0 Å². The van der Waals surface area contributed by atoms with Gasteiger partial charge in [0.2, 0.25) is 10.0 Å². The maximum Gasteiger partial charge on any atom is 0.313 e. The standard InChI is InChI=1S/C19H23N3O4S/c1-14(2)22-27(25,26)17-10-8-15(9-11-17)12-13-20-18(23)19(24)21-16-6-4-3-5-7-16/h3-11,14,22H,12-13H2,1-2H3,(H,20,23)(H,21,24). The Hall–Kier alpha value is -2.71. The molecular formula is C19H23N3O4S. The molecule has 0 aliphatic heterocycles. The first-order valence-corrected chi connectivity index (χ1v) is 10.0. The number of carbonyl (C=O) groups excluding carboxylic acids is 2.